The molecule has 22 heavy (non-hydrogen) atoms. The van der Waals surface area contributed by atoms with Crippen LogP contribution in [-0.2, 0) is 12.8 Å². The molecule has 3 rings (SSSR count). The molecule has 0 bridgehead atoms. The number of para-hydroxylation sites is 1. The Morgan fingerprint density at radius 1 is 1.36 bits per heavy atom. The molecule has 6 heteroatoms. The van der Waals surface area contributed by atoms with E-state index in [1.807, 2.05) is 0 Å². The molecule has 0 fully saturated rings. The van der Waals surface area contributed by atoms with Crippen LogP contribution in [0.1, 0.15) is 45.5 Å². The van der Waals surface area contributed by atoms with E-state index in [2.05, 4.69) is 17.4 Å². The quantitative estimate of drug-likeness (QED) is 0.907. The second kappa shape index (κ2) is 5.63. The Kier molecular flexibility index (Phi) is 3.66. The fraction of sp³-hybridized carbons (Fsp3) is 0.312. The number of anilines is 1. The number of hydrogen-bond acceptors (Lipinski definition) is 4. The Bertz CT molecular complexity index is 736. The van der Waals surface area contributed by atoms with Gasteiger partial charge in [-0.25, -0.2) is 0 Å². The zero-order valence-electron chi connectivity index (χ0n) is 12.3. The lowest BCUT2D eigenvalue weighted by Gasteiger charge is -2.16. The van der Waals surface area contributed by atoms with Crippen LogP contribution in [0.15, 0.2) is 28.8 Å². The maximum Gasteiger partial charge on any atom is 0.278 e. The van der Waals surface area contributed by atoms with Crippen LogP contribution in [0.4, 0.5) is 5.69 Å². The van der Waals surface area contributed by atoms with Gasteiger partial charge in [-0.05, 0) is 30.9 Å². The minimum absolute atomic E-state index is 0.265. The fourth-order valence-electron chi connectivity index (χ4n) is 2.75. The van der Waals surface area contributed by atoms with Crippen molar-refractivity contribution >= 4 is 17.5 Å². The first-order chi connectivity index (χ1) is 10.6. The Hall–Kier alpha value is -2.63. The molecule has 0 saturated heterocycles. The smallest absolute Gasteiger partial charge is 0.278 e. The van der Waals surface area contributed by atoms with Gasteiger partial charge in [0.25, 0.3) is 11.8 Å². The molecular weight excluding hydrogens is 282 g/mol. The zero-order chi connectivity index (χ0) is 15.7. The highest BCUT2D eigenvalue weighted by Crippen LogP contribution is 2.28. The van der Waals surface area contributed by atoms with E-state index >= 15 is 0 Å². The van der Waals surface area contributed by atoms with E-state index < -0.39 is 5.91 Å². The number of aromatic nitrogens is 1. The van der Waals surface area contributed by atoms with Gasteiger partial charge in [-0.2, -0.15) is 0 Å². The highest BCUT2D eigenvalue weighted by Gasteiger charge is 2.27. The van der Waals surface area contributed by atoms with Crippen molar-refractivity contribution < 1.29 is 14.1 Å². The van der Waals surface area contributed by atoms with E-state index in [-0.39, 0.29) is 11.5 Å². The van der Waals surface area contributed by atoms with Crippen molar-refractivity contribution in [2.45, 2.75) is 26.2 Å². The molecule has 0 aliphatic heterocycles. The third-order valence-corrected chi connectivity index (χ3v) is 3.94. The highest BCUT2D eigenvalue weighted by molar-refractivity contribution is 6.08. The summed E-state index contributed by atoms with van der Waals surface area (Å²) < 4.78 is 5.27. The summed E-state index contributed by atoms with van der Waals surface area (Å²) >= 11 is 0. The summed E-state index contributed by atoms with van der Waals surface area (Å²) in [5, 5.41) is 6.60. The number of nitrogens with zero attached hydrogens (tertiary/aromatic N) is 1. The summed E-state index contributed by atoms with van der Waals surface area (Å²) in [5.74, 6) is 0.308. The zero-order valence-corrected chi connectivity index (χ0v) is 12.3. The van der Waals surface area contributed by atoms with Gasteiger partial charge >= 0.3 is 0 Å². The number of benzene rings is 1. The topological polar surface area (TPSA) is 98.2 Å². The number of amides is 2. The maximum absolute atomic E-state index is 12.4. The number of aryl methyl sites for hydroxylation is 1. The Morgan fingerprint density at radius 3 is 2.91 bits per heavy atom. The second-order valence-electron chi connectivity index (χ2n) is 5.64. The molecule has 1 aromatic heterocycles. The predicted octanol–water partition coefficient (Wildman–Crippen LogP) is 2.15. The molecule has 1 atom stereocenters. The summed E-state index contributed by atoms with van der Waals surface area (Å²) in [6, 6.07) is 6.61. The van der Waals surface area contributed by atoms with Crippen molar-refractivity contribution in [3.8, 4) is 0 Å². The van der Waals surface area contributed by atoms with E-state index in [4.69, 9.17) is 10.3 Å². The summed E-state index contributed by atoms with van der Waals surface area (Å²) in [4.78, 5) is 23.8. The first-order valence-corrected chi connectivity index (χ1v) is 7.24. The molecule has 6 nitrogen and oxygen atoms in total. The van der Waals surface area contributed by atoms with Gasteiger partial charge < -0.3 is 15.6 Å². The van der Waals surface area contributed by atoms with Crippen LogP contribution in [-0.4, -0.2) is 17.0 Å². The Morgan fingerprint density at radius 2 is 2.14 bits per heavy atom. The molecule has 1 heterocycles. The molecule has 3 N–H and O–H groups in total. The van der Waals surface area contributed by atoms with Crippen LogP contribution < -0.4 is 11.1 Å². The summed E-state index contributed by atoms with van der Waals surface area (Å²) in [6.45, 7) is 2.14. The number of nitrogens with one attached hydrogen (secondary N) is 1. The van der Waals surface area contributed by atoms with Crippen LogP contribution in [0.2, 0.25) is 0 Å². The van der Waals surface area contributed by atoms with Crippen molar-refractivity contribution in [1.29, 1.82) is 0 Å². The summed E-state index contributed by atoms with van der Waals surface area (Å²) in [6.07, 6.45) is 2.61. The average Bonchev–Trinajstić information content (AvgIpc) is 2.90. The third kappa shape index (κ3) is 2.59. The number of fused-ring (bicyclic) bond motifs is 1. The molecule has 0 saturated carbocycles. The standard InChI is InChI=1S/C16H17N3O3/c1-9-6-7-13-11(8-9)14(19-22-13)16(21)18-12-5-3-2-4-10(12)15(17)20/h2-5,9H,6-8H2,1H3,(H2,17,20)(H,18,21)/t9-/m0/s1. The number of primary amides is 1. The molecule has 0 radical (unpaired) electrons. The first kappa shape index (κ1) is 14.3. The number of nitrogens with two attached hydrogens (primary N) is 1. The molecular formula is C16H17N3O3. The van der Waals surface area contributed by atoms with Gasteiger partial charge in [0.2, 0.25) is 0 Å². The van der Waals surface area contributed by atoms with Crippen molar-refractivity contribution in [2.75, 3.05) is 5.32 Å². The van der Waals surface area contributed by atoms with Crippen LogP contribution in [0.5, 0.6) is 0 Å². The molecule has 1 aliphatic carbocycles. The predicted molar refractivity (Wildman–Crippen MR) is 80.6 cm³/mol. The lowest BCUT2D eigenvalue weighted by Crippen LogP contribution is -2.20. The van der Waals surface area contributed by atoms with Crippen LogP contribution >= 0.6 is 0 Å². The molecule has 0 spiro atoms. The van der Waals surface area contributed by atoms with Gasteiger partial charge in [0.1, 0.15) is 5.76 Å². The minimum Gasteiger partial charge on any atom is -0.366 e. The van der Waals surface area contributed by atoms with Crippen molar-refractivity contribution in [3.63, 3.8) is 0 Å². The molecule has 1 aliphatic rings. The second-order valence-corrected chi connectivity index (χ2v) is 5.64. The molecule has 114 valence electrons. The van der Waals surface area contributed by atoms with Crippen molar-refractivity contribution in [3.05, 3.63) is 46.8 Å². The average molecular weight is 299 g/mol. The van der Waals surface area contributed by atoms with E-state index in [1.165, 1.54) is 0 Å². The van der Waals surface area contributed by atoms with Gasteiger partial charge in [0.05, 0.1) is 11.3 Å². The van der Waals surface area contributed by atoms with E-state index in [9.17, 15) is 9.59 Å². The molecule has 1 aromatic carbocycles. The first-order valence-electron chi connectivity index (χ1n) is 7.24. The Balaban J connectivity index is 1.87. The fourth-order valence-corrected chi connectivity index (χ4v) is 2.75. The molecule has 0 unspecified atom stereocenters. The van der Waals surface area contributed by atoms with E-state index in [1.54, 1.807) is 24.3 Å². The minimum atomic E-state index is -0.591. The van der Waals surface area contributed by atoms with Gasteiger partial charge in [-0.3, -0.25) is 9.59 Å². The number of hydrogen-bond donors (Lipinski definition) is 2. The van der Waals surface area contributed by atoms with E-state index in [0.29, 0.717) is 17.3 Å². The third-order valence-electron chi connectivity index (χ3n) is 3.94. The maximum atomic E-state index is 12.4. The van der Waals surface area contributed by atoms with Crippen LogP contribution in [0, 0.1) is 5.92 Å². The largest absolute Gasteiger partial charge is 0.366 e. The number of rotatable bonds is 3. The van der Waals surface area contributed by atoms with Crippen molar-refractivity contribution in [2.24, 2.45) is 11.7 Å². The van der Waals surface area contributed by atoms with Gasteiger partial charge in [-0.1, -0.05) is 24.2 Å². The van der Waals surface area contributed by atoms with Crippen LogP contribution in [0.3, 0.4) is 0 Å². The lowest BCUT2D eigenvalue weighted by molar-refractivity contribution is 0.100. The van der Waals surface area contributed by atoms with Gasteiger partial charge in [0.15, 0.2) is 5.69 Å². The van der Waals surface area contributed by atoms with Crippen molar-refractivity contribution in [1.82, 2.24) is 5.16 Å². The van der Waals surface area contributed by atoms with Gasteiger partial charge in [-0.15, -0.1) is 0 Å². The monoisotopic (exact) mass is 299 g/mol. The number of carbonyl (C=O) groups excluding carboxylic acids is 2. The van der Waals surface area contributed by atoms with Crippen LogP contribution in [0.25, 0.3) is 0 Å². The normalized spacial score (nSPS) is 16.9. The van der Waals surface area contributed by atoms with E-state index in [0.717, 1.165) is 30.6 Å². The van der Waals surface area contributed by atoms with Gasteiger partial charge in [0, 0.05) is 12.0 Å². The Labute approximate surface area is 127 Å². The lowest BCUT2D eigenvalue weighted by atomic mass is 9.88. The highest BCUT2D eigenvalue weighted by atomic mass is 16.5. The SMILES string of the molecule is C[C@H]1CCc2onc(C(=O)Nc3ccccc3C(N)=O)c2C1. The number of carbonyl (C=O) groups is 2. The molecule has 2 amide bonds. The molecule has 2 aromatic rings. The summed E-state index contributed by atoms with van der Waals surface area (Å²) in [5.41, 5.74) is 7.12. The summed E-state index contributed by atoms with van der Waals surface area (Å²) in [7, 11) is 0.